The molecule has 0 aromatic carbocycles. The predicted molar refractivity (Wildman–Crippen MR) is 72.4 cm³/mol. The van der Waals surface area contributed by atoms with Crippen LogP contribution in [0.2, 0.25) is 0 Å². The van der Waals surface area contributed by atoms with Crippen LogP contribution >= 0.6 is 11.3 Å². The van der Waals surface area contributed by atoms with Crippen LogP contribution < -0.4 is 5.32 Å². The van der Waals surface area contributed by atoms with Crippen molar-refractivity contribution in [2.75, 3.05) is 5.32 Å². The fourth-order valence-corrected chi connectivity index (χ4v) is 2.55. The van der Waals surface area contributed by atoms with Crippen molar-refractivity contribution < 1.29 is 0 Å². The minimum Gasteiger partial charge on any atom is -0.357 e. The van der Waals surface area contributed by atoms with Gasteiger partial charge in [0.2, 0.25) is 0 Å². The first kappa shape index (κ1) is 12.1. The lowest BCUT2D eigenvalue weighted by atomic mass is 10.1. The third-order valence-corrected chi connectivity index (χ3v) is 3.03. The average molecular weight is 250 g/mol. The number of nitrogens with zero attached hydrogens (tertiary/aromatic N) is 3. The van der Waals surface area contributed by atoms with Gasteiger partial charge < -0.3 is 5.32 Å². The molecule has 92 valence electrons. The molecule has 2 rings (SSSR count). The number of anilines is 1. The molecule has 0 fully saturated rings. The molecule has 0 spiro atoms. The van der Waals surface area contributed by atoms with Gasteiger partial charge in [-0.05, 0) is 27.7 Å². The van der Waals surface area contributed by atoms with Crippen molar-refractivity contribution in [1.29, 1.82) is 0 Å². The molecule has 0 aliphatic rings. The summed E-state index contributed by atoms with van der Waals surface area (Å²) < 4.78 is 1.82. The van der Waals surface area contributed by atoms with Crippen molar-refractivity contribution in [2.45, 2.75) is 33.2 Å². The number of rotatable bonds is 2. The first-order valence-electron chi connectivity index (χ1n) is 5.59. The quantitative estimate of drug-likeness (QED) is 0.890. The van der Waals surface area contributed by atoms with Crippen molar-refractivity contribution in [3.63, 3.8) is 0 Å². The zero-order valence-corrected chi connectivity index (χ0v) is 11.7. The topological polar surface area (TPSA) is 42.7 Å². The second kappa shape index (κ2) is 4.14. The average Bonchev–Trinajstić information content (AvgIpc) is 2.70. The van der Waals surface area contributed by atoms with E-state index >= 15 is 0 Å². The summed E-state index contributed by atoms with van der Waals surface area (Å²) in [6.07, 6.45) is 2.01. The zero-order chi connectivity index (χ0) is 12.6. The molecule has 0 unspecified atom stereocenters. The summed E-state index contributed by atoms with van der Waals surface area (Å²) in [5, 5.41) is 10.7. The first-order valence-corrected chi connectivity index (χ1v) is 6.47. The van der Waals surface area contributed by atoms with Gasteiger partial charge in [0, 0.05) is 29.7 Å². The Morgan fingerprint density at radius 2 is 2.06 bits per heavy atom. The minimum absolute atomic E-state index is 0.0408. The maximum atomic E-state index is 4.59. The van der Waals surface area contributed by atoms with Crippen LogP contribution in [0.15, 0.2) is 11.6 Å². The largest absolute Gasteiger partial charge is 0.357 e. The van der Waals surface area contributed by atoms with Gasteiger partial charge in [0.15, 0.2) is 5.13 Å². The summed E-state index contributed by atoms with van der Waals surface area (Å²) in [7, 11) is 1.93. The molecular weight excluding hydrogens is 232 g/mol. The zero-order valence-electron chi connectivity index (χ0n) is 10.9. The van der Waals surface area contributed by atoms with E-state index in [9.17, 15) is 0 Å². The number of aryl methyl sites for hydroxylation is 2. The van der Waals surface area contributed by atoms with Gasteiger partial charge in [-0.2, -0.15) is 5.10 Å². The van der Waals surface area contributed by atoms with Crippen LogP contribution in [0.1, 0.15) is 26.5 Å². The molecule has 0 atom stereocenters. The molecular formula is C12H18N4S. The number of nitrogens with one attached hydrogen (secondary N) is 1. The van der Waals surface area contributed by atoms with Gasteiger partial charge in [0.05, 0.1) is 11.4 Å². The molecule has 2 heterocycles. The molecule has 0 aliphatic carbocycles. The van der Waals surface area contributed by atoms with Crippen LogP contribution in [-0.4, -0.2) is 20.3 Å². The van der Waals surface area contributed by atoms with Crippen LogP contribution in [0.5, 0.6) is 0 Å². The van der Waals surface area contributed by atoms with Crippen LogP contribution in [0.3, 0.4) is 0 Å². The SMILES string of the molecule is Cc1nn(C)cc1-c1csc(NC(C)(C)C)n1. The van der Waals surface area contributed by atoms with Crippen molar-refractivity contribution >= 4 is 16.5 Å². The molecule has 2 aromatic heterocycles. The van der Waals surface area contributed by atoms with Crippen molar-refractivity contribution in [1.82, 2.24) is 14.8 Å². The van der Waals surface area contributed by atoms with E-state index in [1.54, 1.807) is 11.3 Å². The lowest BCUT2D eigenvalue weighted by Crippen LogP contribution is -2.25. The second-order valence-corrected chi connectivity index (χ2v) is 6.07. The monoisotopic (exact) mass is 250 g/mol. The summed E-state index contributed by atoms with van der Waals surface area (Å²) in [6, 6.07) is 0. The Kier molecular flexibility index (Phi) is 2.95. The van der Waals surface area contributed by atoms with E-state index in [2.05, 4.69) is 41.6 Å². The van der Waals surface area contributed by atoms with Crippen LogP contribution in [0.25, 0.3) is 11.3 Å². The summed E-state index contributed by atoms with van der Waals surface area (Å²) in [4.78, 5) is 4.59. The Morgan fingerprint density at radius 1 is 1.35 bits per heavy atom. The van der Waals surface area contributed by atoms with E-state index in [4.69, 9.17) is 0 Å². The Balaban J connectivity index is 2.27. The van der Waals surface area contributed by atoms with Gasteiger partial charge >= 0.3 is 0 Å². The highest BCUT2D eigenvalue weighted by Crippen LogP contribution is 2.28. The third kappa shape index (κ3) is 2.85. The number of thiazole rings is 1. The molecule has 4 nitrogen and oxygen atoms in total. The molecule has 0 saturated carbocycles. The standard InChI is InChI=1S/C12H18N4S/c1-8-9(6-16(5)15-8)10-7-17-11(13-10)14-12(2,3)4/h6-7H,1-5H3,(H,13,14). The lowest BCUT2D eigenvalue weighted by Gasteiger charge is -2.19. The molecule has 0 amide bonds. The fourth-order valence-electron chi connectivity index (χ4n) is 1.63. The van der Waals surface area contributed by atoms with Crippen molar-refractivity contribution in [3.05, 3.63) is 17.3 Å². The van der Waals surface area contributed by atoms with Crippen LogP contribution in [-0.2, 0) is 7.05 Å². The summed E-state index contributed by atoms with van der Waals surface area (Å²) in [5.74, 6) is 0. The molecule has 0 bridgehead atoms. The van der Waals surface area contributed by atoms with E-state index in [1.807, 2.05) is 24.9 Å². The maximum absolute atomic E-state index is 4.59. The predicted octanol–water partition coefficient (Wildman–Crippen LogP) is 3.06. The van der Waals surface area contributed by atoms with Crippen molar-refractivity contribution in [2.24, 2.45) is 7.05 Å². The minimum atomic E-state index is 0.0408. The number of hydrogen-bond acceptors (Lipinski definition) is 4. The van der Waals surface area contributed by atoms with E-state index in [1.165, 1.54) is 0 Å². The van der Waals surface area contributed by atoms with Gasteiger partial charge in [-0.3, -0.25) is 4.68 Å². The van der Waals surface area contributed by atoms with Crippen LogP contribution in [0.4, 0.5) is 5.13 Å². The van der Waals surface area contributed by atoms with Gasteiger partial charge in [-0.15, -0.1) is 11.3 Å². The highest BCUT2D eigenvalue weighted by atomic mass is 32.1. The highest BCUT2D eigenvalue weighted by Gasteiger charge is 2.14. The Morgan fingerprint density at radius 3 is 2.59 bits per heavy atom. The fraction of sp³-hybridized carbons (Fsp3) is 0.500. The molecule has 0 aliphatic heterocycles. The molecule has 17 heavy (non-hydrogen) atoms. The van der Waals surface area contributed by atoms with E-state index in [0.29, 0.717) is 0 Å². The highest BCUT2D eigenvalue weighted by molar-refractivity contribution is 7.14. The Bertz CT molecular complexity index is 519. The smallest absolute Gasteiger partial charge is 0.183 e. The number of aromatic nitrogens is 3. The van der Waals surface area contributed by atoms with Crippen LogP contribution in [0, 0.1) is 6.92 Å². The Labute approximate surface area is 106 Å². The Hall–Kier alpha value is -1.36. The van der Waals surface area contributed by atoms with Gasteiger partial charge in [-0.1, -0.05) is 0 Å². The van der Waals surface area contributed by atoms with Gasteiger partial charge in [0.25, 0.3) is 0 Å². The molecule has 1 N–H and O–H groups in total. The summed E-state index contributed by atoms with van der Waals surface area (Å²) >= 11 is 1.63. The molecule has 0 saturated heterocycles. The normalized spacial score (nSPS) is 11.8. The third-order valence-electron chi connectivity index (χ3n) is 2.28. The van der Waals surface area contributed by atoms with E-state index < -0.39 is 0 Å². The maximum Gasteiger partial charge on any atom is 0.183 e. The molecule has 2 aromatic rings. The van der Waals surface area contributed by atoms with E-state index in [0.717, 1.165) is 22.1 Å². The summed E-state index contributed by atoms with van der Waals surface area (Å²) in [6.45, 7) is 8.39. The lowest BCUT2D eigenvalue weighted by molar-refractivity contribution is 0.633. The van der Waals surface area contributed by atoms with Gasteiger partial charge in [-0.25, -0.2) is 4.98 Å². The van der Waals surface area contributed by atoms with E-state index in [-0.39, 0.29) is 5.54 Å². The summed E-state index contributed by atoms with van der Waals surface area (Å²) in [5.41, 5.74) is 3.15. The second-order valence-electron chi connectivity index (χ2n) is 5.21. The molecule has 0 radical (unpaired) electrons. The van der Waals surface area contributed by atoms with Crippen molar-refractivity contribution in [3.8, 4) is 11.3 Å². The number of hydrogen-bond donors (Lipinski definition) is 1. The first-order chi connectivity index (χ1) is 7.85. The van der Waals surface area contributed by atoms with Gasteiger partial charge in [0.1, 0.15) is 0 Å². The molecule has 5 heteroatoms.